The van der Waals surface area contributed by atoms with Crippen LogP contribution in [-0.2, 0) is 27.5 Å². The van der Waals surface area contributed by atoms with E-state index in [-0.39, 0.29) is 18.5 Å². The minimum absolute atomic E-state index is 0.144. The summed E-state index contributed by atoms with van der Waals surface area (Å²) >= 11 is 0. The van der Waals surface area contributed by atoms with Gasteiger partial charge in [0, 0.05) is 0 Å². The zero-order chi connectivity index (χ0) is 21.2. The van der Waals surface area contributed by atoms with E-state index in [2.05, 4.69) is 0 Å². The zero-order valence-corrected chi connectivity index (χ0v) is 17.3. The van der Waals surface area contributed by atoms with Crippen LogP contribution in [-0.4, -0.2) is 12.1 Å². The van der Waals surface area contributed by atoms with Gasteiger partial charge in [-0.15, -0.1) is 0 Å². The van der Waals surface area contributed by atoms with Gasteiger partial charge in [-0.05, 0) is 48.7 Å². The molecule has 0 N–H and O–H groups in total. The van der Waals surface area contributed by atoms with Gasteiger partial charge in [0.05, 0.1) is 6.10 Å². The molecule has 0 saturated carbocycles. The van der Waals surface area contributed by atoms with Crippen LogP contribution in [0.5, 0.6) is 5.75 Å². The van der Waals surface area contributed by atoms with Gasteiger partial charge in [0.25, 0.3) is 0 Å². The van der Waals surface area contributed by atoms with E-state index in [0.717, 1.165) is 22.4 Å². The van der Waals surface area contributed by atoms with E-state index in [1.807, 2.05) is 98.8 Å². The smallest absolute Gasteiger partial charge is 0.373 e. The molecule has 0 atom stereocenters. The van der Waals surface area contributed by atoms with Crippen LogP contribution in [0.4, 0.5) is 0 Å². The highest BCUT2D eigenvalue weighted by Gasteiger charge is 2.15. The monoisotopic (exact) mass is 402 g/mol. The molecule has 0 amide bonds. The van der Waals surface area contributed by atoms with Gasteiger partial charge in [-0.1, -0.05) is 72.8 Å². The van der Waals surface area contributed by atoms with E-state index in [1.165, 1.54) is 0 Å². The topological polar surface area (TPSA) is 44.8 Å². The van der Waals surface area contributed by atoms with Crippen molar-refractivity contribution in [1.29, 1.82) is 0 Å². The van der Waals surface area contributed by atoms with Gasteiger partial charge in [-0.2, -0.15) is 0 Å². The molecular formula is C26H26O4. The third-order valence-corrected chi connectivity index (χ3v) is 4.20. The predicted octanol–water partition coefficient (Wildman–Crippen LogP) is 5.77. The van der Waals surface area contributed by atoms with Gasteiger partial charge in [-0.25, -0.2) is 4.79 Å². The average molecular weight is 402 g/mol. The molecule has 4 nitrogen and oxygen atoms in total. The van der Waals surface area contributed by atoms with Crippen LogP contribution < -0.4 is 4.74 Å². The fraction of sp³-hybridized carbons (Fsp3) is 0.192. The van der Waals surface area contributed by atoms with Gasteiger partial charge in [0.1, 0.15) is 19.0 Å². The van der Waals surface area contributed by atoms with Crippen molar-refractivity contribution in [1.82, 2.24) is 0 Å². The second-order valence-electron chi connectivity index (χ2n) is 7.08. The van der Waals surface area contributed by atoms with Crippen molar-refractivity contribution in [2.45, 2.75) is 33.2 Å². The average Bonchev–Trinajstić information content (AvgIpc) is 2.77. The summed E-state index contributed by atoms with van der Waals surface area (Å²) in [6.45, 7) is 4.45. The van der Waals surface area contributed by atoms with E-state index in [4.69, 9.17) is 14.2 Å². The van der Waals surface area contributed by atoms with Crippen molar-refractivity contribution in [3.05, 3.63) is 107 Å². The molecule has 0 spiro atoms. The maximum atomic E-state index is 12.5. The summed E-state index contributed by atoms with van der Waals surface area (Å²) in [5.74, 6) is 0.449. The van der Waals surface area contributed by atoms with Crippen molar-refractivity contribution in [3.63, 3.8) is 0 Å². The fourth-order valence-electron chi connectivity index (χ4n) is 2.74. The van der Waals surface area contributed by atoms with E-state index in [9.17, 15) is 4.79 Å². The van der Waals surface area contributed by atoms with Crippen LogP contribution in [0.2, 0.25) is 0 Å². The summed E-state index contributed by atoms with van der Waals surface area (Å²) in [4.78, 5) is 12.5. The number of hydrogen-bond donors (Lipinski definition) is 0. The van der Waals surface area contributed by atoms with E-state index < -0.39 is 5.97 Å². The molecule has 0 fully saturated rings. The number of hydrogen-bond acceptors (Lipinski definition) is 4. The summed E-state index contributed by atoms with van der Waals surface area (Å²) in [6, 6.07) is 27.1. The third-order valence-electron chi connectivity index (χ3n) is 4.20. The number of benzene rings is 3. The molecule has 4 heteroatoms. The summed E-state index contributed by atoms with van der Waals surface area (Å²) < 4.78 is 16.9. The van der Waals surface area contributed by atoms with Crippen LogP contribution in [0.3, 0.4) is 0 Å². The Balaban J connectivity index is 1.64. The van der Waals surface area contributed by atoms with Crippen LogP contribution >= 0.6 is 0 Å². The second kappa shape index (κ2) is 10.9. The number of carbonyl (C=O) groups is 1. The lowest BCUT2D eigenvalue weighted by molar-refractivity contribution is -0.145. The van der Waals surface area contributed by atoms with Crippen molar-refractivity contribution in [2.75, 3.05) is 0 Å². The number of ether oxygens (including phenoxy) is 3. The third kappa shape index (κ3) is 6.82. The summed E-state index contributed by atoms with van der Waals surface area (Å²) in [5, 5.41) is 0. The van der Waals surface area contributed by atoms with Crippen LogP contribution in [0.15, 0.2) is 90.7 Å². The number of carbonyl (C=O) groups excluding carboxylic acids is 1. The lowest BCUT2D eigenvalue weighted by atomic mass is 10.2. The lowest BCUT2D eigenvalue weighted by Crippen LogP contribution is -2.14. The Hall–Kier alpha value is -3.53. The Morgan fingerprint density at radius 2 is 1.37 bits per heavy atom. The van der Waals surface area contributed by atoms with Crippen molar-refractivity contribution < 1.29 is 19.0 Å². The maximum Gasteiger partial charge on any atom is 0.373 e. The Labute approximate surface area is 177 Å². The first kappa shape index (κ1) is 21.2. The van der Waals surface area contributed by atoms with Gasteiger partial charge >= 0.3 is 5.97 Å². The summed E-state index contributed by atoms with van der Waals surface area (Å²) in [6.07, 6.45) is 1.54. The van der Waals surface area contributed by atoms with Crippen molar-refractivity contribution in [2.24, 2.45) is 0 Å². The molecule has 0 saturated heterocycles. The van der Waals surface area contributed by atoms with Crippen LogP contribution in [0, 0.1) is 0 Å². The molecular weight excluding hydrogens is 376 g/mol. The first-order valence-corrected chi connectivity index (χ1v) is 9.96. The van der Waals surface area contributed by atoms with E-state index >= 15 is 0 Å². The standard InChI is InChI=1S/C26H26O4/c1-20(2)30-25(26(27)29-19-23-11-7-4-8-12-23)17-21-13-15-24(16-14-21)28-18-22-9-5-3-6-10-22/h3-17,20H,18-19H2,1-2H3/b25-17-. The van der Waals surface area contributed by atoms with Crippen molar-refractivity contribution in [3.8, 4) is 5.75 Å². The number of rotatable bonds is 9. The highest BCUT2D eigenvalue weighted by Crippen LogP contribution is 2.18. The SMILES string of the molecule is CC(C)O/C(=C\c1ccc(OCc2ccccc2)cc1)C(=O)OCc1ccccc1. The van der Waals surface area contributed by atoms with Crippen molar-refractivity contribution >= 4 is 12.0 Å². The first-order valence-electron chi connectivity index (χ1n) is 9.96. The summed E-state index contributed by atoms with van der Waals surface area (Å²) in [5.41, 5.74) is 2.86. The molecule has 0 radical (unpaired) electrons. The lowest BCUT2D eigenvalue weighted by Gasteiger charge is -2.13. The van der Waals surface area contributed by atoms with Gasteiger partial charge in [0.2, 0.25) is 5.76 Å². The quantitative estimate of drug-likeness (QED) is 0.259. The van der Waals surface area contributed by atoms with E-state index in [0.29, 0.717) is 6.61 Å². The maximum absolute atomic E-state index is 12.5. The Bertz CT molecular complexity index is 945. The molecule has 0 aliphatic carbocycles. The molecule has 0 bridgehead atoms. The molecule has 154 valence electrons. The summed E-state index contributed by atoms with van der Waals surface area (Å²) in [7, 11) is 0. The van der Waals surface area contributed by atoms with Crippen LogP contribution in [0.1, 0.15) is 30.5 Å². The Morgan fingerprint density at radius 1 is 0.800 bits per heavy atom. The normalized spacial score (nSPS) is 11.2. The molecule has 0 aliphatic heterocycles. The zero-order valence-electron chi connectivity index (χ0n) is 17.3. The van der Waals surface area contributed by atoms with Gasteiger partial charge in [0.15, 0.2) is 0 Å². The van der Waals surface area contributed by atoms with Gasteiger partial charge in [-0.3, -0.25) is 0 Å². The molecule has 3 aromatic carbocycles. The minimum Gasteiger partial charge on any atom is -0.489 e. The molecule has 3 rings (SSSR count). The number of esters is 1. The minimum atomic E-state index is -0.489. The molecule has 0 aliphatic rings. The molecule has 3 aromatic rings. The van der Waals surface area contributed by atoms with Gasteiger partial charge < -0.3 is 14.2 Å². The first-order chi connectivity index (χ1) is 14.6. The predicted molar refractivity (Wildman–Crippen MR) is 118 cm³/mol. The molecule has 0 aromatic heterocycles. The fourth-order valence-corrected chi connectivity index (χ4v) is 2.74. The van der Waals surface area contributed by atoms with E-state index in [1.54, 1.807) is 6.08 Å². The highest BCUT2D eigenvalue weighted by molar-refractivity contribution is 5.91. The molecule has 30 heavy (non-hydrogen) atoms. The van der Waals surface area contributed by atoms with Crippen LogP contribution in [0.25, 0.3) is 6.08 Å². The molecule has 0 heterocycles. The highest BCUT2D eigenvalue weighted by atomic mass is 16.6. The Kier molecular flexibility index (Phi) is 7.67. The second-order valence-corrected chi connectivity index (χ2v) is 7.08. The molecule has 0 unspecified atom stereocenters. The largest absolute Gasteiger partial charge is 0.489 e. The Morgan fingerprint density at radius 3 is 1.93 bits per heavy atom.